The molecule has 1 N–H and O–H groups in total. The minimum atomic E-state index is -0.786. The van der Waals surface area contributed by atoms with Crippen LogP contribution in [-0.4, -0.2) is 41.3 Å². The molecule has 2 aromatic rings. The molecule has 2 heterocycles. The molecule has 0 amide bonds. The van der Waals surface area contributed by atoms with Crippen LogP contribution in [0.5, 0.6) is 11.5 Å². The van der Waals surface area contributed by atoms with E-state index in [2.05, 4.69) is 4.98 Å². The molecule has 22 heavy (non-hydrogen) atoms. The summed E-state index contributed by atoms with van der Waals surface area (Å²) in [6.45, 7) is 1.40. The van der Waals surface area contributed by atoms with Crippen molar-refractivity contribution in [3.63, 3.8) is 0 Å². The highest BCUT2D eigenvalue weighted by atomic mass is 32.1. The molecule has 116 valence electrons. The maximum atomic E-state index is 10.6. The number of aliphatic carboxylic acids is 1. The van der Waals surface area contributed by atoms with Gasteiger partial charge in [0.1, 0.15) is 5.01 Å². The van der Waals surface area contributed by atoms with Gasteiger partial charge < -0.3 is 14.6 Å². The molecular formula is C15H16N2O4S. The molecule has 0 unspecified atom stereocenters. The highest BCUT2D eigenvalue weighted by Crippen LogP contribution is 2.36. The molecule has 1 aromatic carbocycles. The quantitative estimate of drug-likeness (QED) is 0.881. The fourth-order valence-electron chi connectivity index (χ4n) is 2.18. The lowest BCUT2D eigenvalue weighted by Gasteiger charge is -2.13. The Morgan fingerprint density at radius 1 is 1.41 bits per heavy atom. The summed E-state index contributed by atoms with van der Waals surface area (Å²) < 4.78 is 10.7. The highest BCUT2D eigenvalue weighted by molar-refractivity contribution is 7.13. The van der Waals surface area contributed by atoms with Crippen LogP contribution in [0.2, 0.25) is 0 Å². The first-order chi connectivity index (χ1) is 10.6. The van der Waals surface area contributed by atoms with E-state index < -0.39 is 5.97 Å². The number of aromatic nitrogens is 1. The number of hydrogen-bond acceptors (Lipinski definition) is 6. The van der Waals surface area contributed by atoms with Crippen molar-refractivity contribution in [3.8, 4) is 22.1 Å². The van der Waals surface area contributed by atoms with E-state index in [4.69, 9.17) is 14.6 Å². The summed E-state index contributed by atoms with van der Waals surface area (Å²) in [7, 11) is 1.89. The molecule has 0 aliphatic carbocycles. The summed E-state index contributed by atoms with van der Waals surface area (Å²) in [6.07, 6.45) is 0.135. The number of fused-ring (bicyclic) bond motifs is 1. The fraction of sp³-hybridized carbons (Fsp3) is 0.333. The number of nitrogens with zero attached hydrogens (tertiary/aromatic N) is 2. The second-order valence-corrected chi connectivity index (χ2v) is 5.95. The van der Waals surface area contributed by atoms with Crippen LogP contribution in [0.1, 0.15) is 12.1 Å². The van der Waals surface area contributed by atoms with Crippen LogP contribution in [0.25, 0.3) is 10.6 Å². The van der Waals surface area contributed by atoms with Gasteiger partial charge >= 0.3 is 5.97 Å². The van der Waals surface area contributed by atoms with Crippen molar-refractivity contribution in [1.82, 2.24) is 9.88 Å². The van der Waals surface area contributed by atoms with E-state index in [1.807, 2.05) is 35.5 Å². The summed E-state index contributed by atoms with van der Waals surface area (Å²) in [5, 5.41) is 11.6. The molecule has 6 nitrogen and oxygen atoms in total. The summed E-state index contributed by atoms with van der Waals surface area (Å²) >= 11 is 1.56. The normalized spacial score (nSPS) is 12.8. The first-order valence-electron chi connectivity index (χ1n) is 6.86. The van der Waals surface area contributed by atoms with Gasteiger partial charge in [0, 0.05) is 24.0 Å². The van der Waals surface area contributed by atoms with Gasteiger partial charge in [0.25, 0.3) is 0 Å². The minimum Gasteiger partial charge on any atom is -0.481 e. The Morgan fingerprint density at radius 3 is 3.05 bits per heavy atom. The lowest BCUT2D eigenvalue weighted by Crippen LogP contribution is -2.21. The van der Waals surface area contributed by atoms with Crippen molar-refractivity contribution in [2.45, 2.75) is 13.0 Å². The Labute approximate surface area is 131 Å². The van der Waals surface area contributed by atoms with Crippen LogP contribution >= 0.6 is 11.3 Å². The number of carbonyl (C=O) groups is 1. The molecule has 0 fully saturated rings. The summed E-state index contributed by atoms with van der Waals surface area (Å²) in [5.41, 5.74) is 1.93. The van der Waals surface area contributed by atoms with Crippen LogP contribution < -0.4 is 9.47 Å². The molecule has 0 bridgehead atoms. The van der Waals surface area contributed by atoms with Gasteiger partial charge in [-0.1, -0.05) is 0 Å². The lowest BCUT2D eigenvalue weighted by atomic mass is 10.2. The molecule has 0 radical (unpaired) electrons. The highest BCUT2D eigenvalue weighted by Gasteiger charge is 2.15. The molecule has 1 aliphatic heterocycles. The Bertz CT molecular complexity index is 686. The third-order valence-electron chi connectivity index (χ3n) is 3.31. The van der Waals surface area contributed by atoms with E-state index in [1.165, 1.54) is 0 Å². The standard InChI is InChI=1S/C15H16N2O4S/c1-17(5-4-14(18)19)7-11-8-22-15(16-11)10-2-3-12-13(6-10)21-9-20-12/h2-3,6,8H,4-5,7,9H2,1H3,(H,18,19). The van der Waals surface area contributed by atoms with Crippen LogP contribution in [0.4, 0.5) is 0 Å². The first kappa shape index (κ1) is 14.8. The molecule has 0 spiro atoms. The van der Waals surface area contributed by atoms with Crippen LogP contribution in [0, 0.1) is 0 Å². The van der Waals surface area contributed by atoms with Crippen molar-refractivity contribution in [3.05, 3.63) is 29.3 Å². The van der Waals surface area contributed by atoms with Crippen LogP contribution in [0.15, 0.2) is 23.6 Å². The monoisotopic (exact) mass is 320 g/mol. The zero-order valence-corrected chi connectivity index (χ0v) is 12.9. The van der Waals surface area contributed by atoms with Crippen molar-refractivity contribution in [2.75, 3.05) is 20.4 Å². The Morgan fingerprint density at radius 2 is 2.23 bits per heavy atom. The zero-order chi connectivity index (χ0) is 15.5. The topological polar surface area (TPSA) is 71.9 Å². The van der Waals surface area contributed by atoms with Gasteiger partial charge in [-0.05, 0) is 25.2 Å². The Kier molecular flexibility index (Phi) is 4.26. The van der Waals surface area contributed by atoms with Crippen molar-refractivity contribution in [2.24, 2.45) is 0 Å². The lowest BCUT2D eigenvalue weighted by molar-refractivity contribution is -0.137. The van der Waals surface area contributed by atoms with Gasteiger partial charge in [-0.15, -0.1) is 11.3 Å². The molecule has 1 aromatic heterocycles. The van der Waals surface area contributed by atoms with Crippen molar-refractivity contribution in [1.29, 1.82) is 0 Å². The van der Waals surface area contributed by atoms with Gasteiger partial charge in [-0.3, -0.25) is 9.69 Å². The van der Waals surface area contributed by atoms with E-state index in [1.54, 1.807) is 11.3 Å². The smallest absolute Gasteiger partial charge is 0.304 e. The predicted molar refractivity (Wildman–Crippen MR) is 82.3 cm³/mol. The second kappa shape index (κ2) is 6.33. The summed E-state index contributed by atoms with van der Waals surface area (Å²) in [5.74, 6) is 0.716. The molecule has 7 heteroatoms. The molecule has 0 saturated carbocycles. The van der Waals surface area contributed by atoms with Gasteiger partial charge in [0.2, 0.25) is 6.79 Å². The fourth-order valence-corrected chi connectivity index (χ4v) is 2.99. The molecular weight excluding hydrogens is 304 g/mol. The van der Waals surface area contributed by atoms with Gasteiger partial charge in [0.15, 0.2) is 11.5 Å². The molecule has 0 atom stereocenters. The zero-order valence-electron chi connectivity index (χ0n) is 12.1. The van der Waals surface area contributed by atoms with E-state index in [9.17, 15) is 4.79 Å². The van der Waals surface area contributed by atoms with Crippen molar-refractivity contribution >= 4 is 17.3 Å². The number of carboxylic acids is 1. The SMILES string of the molecule is CN(CCC(=O)O)Cc1csc(-c2ccc3c(c2)OCO3)n1. The predicted octanol–water partition coefficient (Wildman–Crippen LogP) is 2.45. The first-order valence-corrected chi connectivity index (χ1v) is 7.74. The number of thiazole rings is 1. The Hall–Kier alpha value is -2.12. The molecule has 1 aliphatic rings. The second-order valence-electron chi connectivity index (χ2n) is 5.09. The van der Waals surface area contributed by atoms with E-state index >= 15 is 0 Å². The number of benzene rings is 1. The number of rotatable bonds is 6. The third kappa shape index (κ3) is 3.37. The number of ether oxygens (including phenoxy) is 2. The van der Waals surface area contributed by atoms with E-state index in [-0.39, 0.29) is 13.2 Å². The molecule has 0 saturated heterocycles. The van der Waals surface area contributed by atoms with Gasteiger partial charge in [-0.25, -0.2) is 4.98 Å². The number of hydrogen-bond donors (Lipinski definition) is 1. The van der Waals surface area contributed by atoms with Crippen LogP contribution in [0.3, 0.4) is 0 Å². The Balaban J connectivity index is 1.67. The van der Waals surface area contributed by atoms with E-state index in [0.717, 1.165) is 27.8 Å². The number of carboxylic acid groups (broad SMARTS) is 1. The maximum absolute atomic E-state index is 10.6. The summed E-state index contributed by atoms with van der Waals surface area (Å²) in [4.78, 5) is 17.1. The third-order valence-corrected chi connectivity index (χ3v) is 4.25. The van der Waals surface area contributed by atoms with Gasteiger partial charge in [-0.2, -0.15) is 0 Å². The van der Waals surface area contributed by atoms with Crippen molar-refractivity contribution < 1.29 is 19.4 Å². The average Bonchev–Trinajstić information content (AvgIpc) is 3.12. The summed E-state index contributed by atoms with van der Waals surface area (Å²) in [6, 6.07) is 5.78. The minimum absolute atomic E-state index is 0.135. The van der Waals surface area contributed by atoms with Gasteiger partial charge in [0.05, 0.1) is 12.1 Å². The van der Waals surface area contributed by atoms with Crippen LogP contribution in [-0.2, 0) is 11.3 Å². The average molecular weight is 320 g/mol. The van der Waals surface area contributed by atoms with E-state index in [0.29, 0.717) is 13.1 Å². The largest absolute Gasteiger partial charge is 0.481 e. The molecule has 3 rings (SSSR count). The maximum Gasteiger partial charge on any atom is 0.304 e.